The van der Waals surface area contributed by atoms with Gasteiger partial charge in [0.05, 0.1) is 5.92 Å². The first kappa shape index (κ1) is 19.9. The molecule has 0 saturated carbocycles. The second kappa shape index (κ2) is 8.04. The number of nitrogens with zero attached hydrogens (tertiary/aromatic N) is 2. The number of aryl methyl sites for hydroxylation is 1. The van der Waals surface area contributed by atoms with Crippen LogP contribution in [0.3, 0.4) is 0 Å². The van der Waals surface area contributed by atoms with Crippen molar-refractivity contribution in [2.45, 2.75) is 65.8 Å². The molecule has 148 valence electrons. The number of benzene rings is 1. The predicted octanol–water partition coefficient (Wildman–Crippen LogP) is 3.81. The van der Waals surface area contributed by atoms with Crippen LogP contribution in [0.5, 0.6) is 0 Å². The number of hydrogen-bond acceptors (Lipinski definition) is 2. The van der Waals surface area contributed by atoms with Crippen molar-refractivity contribution >= 4 is 11.8 Å². The molecule has 0 N–H and O–H groups in total. The normalized spacial score (nSPS) is 23.6. The lowest BCUT2D eigenvalue weighted by atomic mass is 9.90. The third-order valence-corrected chi connectivity index (χ3v) is 5.95. The van der Waals surface area contributed by atoms with Crippen molar-refractivity contribution < 1.29 is 9.59 Å². The van der Waals surface area contributed by atoms with E-state index in [0.29, 0.717) is 12.6 Å². The molecule has 0 aromatic heterocycles. The highest BCUT2D eigenvalue weighted by Crippen LogP contribution is 2.28. The van der Waals surface area contributed by atoms with E-state index < -0.39 is 0 Å². The second-order valence-electron chi connectivity index (χ2n) is 9.36. The second-order valence-corrected chi connectivity index (χ2v) is 9.36. The fourth-order valence-corrected chi connectivity index (χ4v) is 4.41. The van der Waals surface area contributed by atoms with E-state index in [9.17, 15) is 9.59 Å². The van der Waals surface area contributed by atoms with Crippen molar-refractivity contribution in [3.63, 3.8) is 0 Å². The lowest BCUT2D eigenvalue weighted by molar-refractivity contribution is -0.145. The van der Waals surface area contributed by atoms with Gasteiger partial charge in [-0.25, -0.2) is 0 Å². The summed E-state index contributed by atoms with van der Waals surface area (Å²) in [5.41, 5.74) is 2.19. The largest absolute Gasteiger partial charge is 0.341 e. The summed E-state index contributed by atoms with van der Waals surface area (Å²) >= 11 is 0. The zero-order valence-corrected chi connectivity index (χ0v) is 17.3. The quantitative estimate of drug-likeness (QED) is 0.812. The van der Waals surface area contributed by atoms with Crippen molar-refractivity contribution in [2.24, 2.45) is 11.3 Å². The van der Waals surface area contributed by atoms with E-state index >= 15 is 0 Å². The third kappa shape index (κ3) is 4.72. The van der Waals surface area contributed by atoms with Gasteiger partial charge in [-0.15, -0.1) is 0 Å². The number of amides is 2. The van der Waals surface area contributed by atoms with Crippen LogP contribution in [0.2, 0.25) is 0 Å². The molecule has 2 aliphatic rings. The standard InChI is InChI=1S/C23H34N2O2/c1-17-9-11-18(12-10-17)15-20-8-6-14-25(20)21(26)19-7-5-13-24(16-19)22(27)23(2,3)4/h9-12,19-20H,5-8,13-16H2,1-4H3. The highest BCUT2D eigenvalue weighted by atomic mass is 16.2. The molecule has 27 heavy (non-hydrogen) atoms. The Hall–Kier alpha value is -1.84. The van der Waals surface area contributed by atoms with E-state index in [0.717, 1.165) is 45.2 Å². The molecule has 0 spiro atoms. The van der Waals surface area contributed by atoms with Crippen LogP contribution >= 0.6 is 0 Å². The van der Waals surface area contributed by atoms with Crippen molar-refractivity contribution in [3.8, 4) is 0 Å². The summed E-state index contributed by atoms with van der Waals surface area (Å²) in [5.74, 6) is 0.386. The molecule has 0 bridgehead atoms. The maximum absolute atomic E-state index is 13.3. The Balaban J connectivity index is 1.65. The molecule has 2 atom stereocenters. The molecule has 1 aromatic rings. The minimum absolute atomic E-state index is 0.0383. The van der Waals surface area contributed by atoms with Crippen molar-refractivity contribution in [3.05, 3.63) is 35.4 Å². The van der Waals surface area contributed by atoms with Crippen molar-refractivity contribution in [1.29, 1.82) is 0 Å². The monoisotopic (exact) mass is 370 g/mol. The van der Waals surface area contributed by atoms with E-state index in [1.165, 1.54) is 11.1 Å². The van der Waals surface area contributed by atoms with Gasteiger partial charge in [0.2, 0.25) is 11.8 Å². The Morgan fingerprint density at radius 2 is 1.70 bits per heavy atom. The third-order valence-electron chi connectivity index (χ3n) is 5.95. The SMILES string of the molecule is Cc1ccc(CC2CCCN2C(=O)C2CCCN(C(=O)C(C)(C)C)C2)cc1. The summed E-state index contributed by atoms with van der Waals surface area (Å²) in [6, 6.07) is 8.96. The van der Waals surface area contributed by atoms with E-state index in [-0.39, 0.29) is 23.1 Å². The predicted molar refractivity (Wildman–Crippen MR) is 108 cm³/mol. The Bertz CT molecular complexity index is 675. The van der Waals surface area contributed by atoms with Gasteiger partial charge in [-0.05, 0) is 44.6 Å². The first-order chi connectivity index (χ1) is 12.8. The van der Waals surface area contributed by atoms with E-state index in [1.807, 2.05) is 25.7 Å². The first-order valence-electron chi connectivity index (χ1n) is 10.4. The molecular formula is C23H34N2O2. The minimum Gasteiger partial charge on any atom is -0.341 e. The van der Waals surface area contributed by atoms with Crippen LogP contribution in [0, 0.1) is 18.3 Å². The Labute approximate surface area is 163 Å². The average molecular weight is 371 g/mol. The number of carbonyl (C=O) groups excluding carboxylic acids is 2. The number of carbonyl (C=O) groups is 2. The smallest absolute Gasteiger partial charge is 0.227 e. The van der Waals surface area contributed by atoms with E-state index in [4.69, 9.17) is 0 Å². The van der Waals surface area contributed by atoms with Gasteiger partial charge in [0.15, 0.2) is 0 Å². The molecular weight excluding hydrogens is 336 g/mol. The number of likely N-dealkylation sites (tertiary alicyclic amines) is 2. The highest BCUT2D eigenvalue weighted by molar-refractivity contribution is 5.84. The number of hydrogen-bond donors (Lipinski definition) is 0. The number of piperidine rings is 1. The molecule has 2 aliphatic heterocycles. The van der Waals surface area contributed by atoms with Crippen molar-refractivity contribution in [2.75, 3.05) is 19.6 Å². The molecule has 2 unspecified atom stereocenters. The van der Waals surface area contributed by atoms with Gasteiger partial charge >= 0.3 is 0 Å². The summed E-state index contributed by atoms with van der Waals surface area (Å²) in [4.78, 5) is 29.9. The van der Waals surface area contributed by atoms with Gasteiger partial charge in [-0.1, -0.05) is 50.6 Å². The Morgan fingerprint density at radius 3 is 2.37 bits per heavy atom. The Morgan fingerprint density at radius 1 is 1.04 bits per heavy atom. The summed E-state index contributed by atoms with van der Waals surface area (Å²) < 4.78 is 0. The van der Waals surface area contributed by atoms with E-state index in [1.54, 1.807) is 0 Å². The van der Waals surface area contributed by atoms with Crippen LogP contribution < -0.4 is 0 Å². The van der Waals surface area contributed by atoms with Crippen LogP contribution in [0.4, 0.5) is 0 Å². The lowest BCUT2D eigenvalue weighted by Gasteiger charge is -2.38. The highest BCUT2D eigenvalue weighted by Gasteiger charge is 2.37. The molecule has 2 amide bonds. The van der Waals surface area contributed by atoms with Crippen LogP contribution in [-0.2, 0) is 16.0 Å². The van der Waals surface area contributed by atoms with Gasteiger partial charge in [0.1, 0.15) is 0 Å². The van der Waals surface area contributed by atoms with Gasteiger partial charge < -0.3 is 9.80 Å². The molecule has 0 radical (unpaired) electrons. The summed E-state index contributed by atoms with van der Waals surface area (Å²) in [6.45, 7) is 10.2. The zero-order chi connectivity index (χ0) is 19.6. The maximum atomic E-state index is 13.3. The topological polar surface area (TPSA) is 40.6 Å². The summed E-state index contributed by atoms with van der Waals surface area (Å²) in [6.07, 6.45) is 4.93. The molecule has 3 rings (SSSR count). The molecule has 2 fully saturated rings. The van der Waals surface area contributed by atoms with Crippen LogP contribution in [0.1, 0.15) is 57.6 Å². The molecule has 4 heteroatoms. The first-order valence-corrected chi connectivity index (χ1v) is 10.4. The fourth-order valence-electron chi connectivity index (χ4n) is 4.41. The minimum atomic E-state index is -0.382. The van der Waals surface area contributed by atoms with Gasteiger partial charge in [0.25, 0.3) is 0 Å². The zero-order valence-electron chi connectivity index (χ0n) is 17.3. The molecule has 2 saturated heterocycles. The van der Waals surface area contributed by atoms with Gasteiger partial charge in [-0.2, -0.15) is 0 Å². The summed E-state index contributed by atoms with van der Waals surface area (Å²) in [7, 11) is 0. The van der Waals surface area contributed by atoms with Crippen molar-refractivity contribution in [1.82, 2.24) is 9.80 Å². The van der Waals surface area contributed by atoms with Gasteiger partial charge in [0, 0.05) is 31.1 Å². The van der Waals surface area contributed by atoms with Crippen LogP contribution in [0.15, 0.2) is 24.3 Å². The van der Waals surface area contributed by atoms with E-state index in [2.05, 4.69) is 36.1 Å². The van der Waals surface area contributed by atoms with Crippen LogP contribution in [-0.4, -0.2) is 47.3 Å². The molecule has 1 aromatic carbocycles. The molecule has 0 aliphatic carbocycles. The Kier molecular flexibility index (Phi) is 5.92. The van der Waals surface area contributed by atoms with Gasteiger partial charge in [-0.3, -0.25) is 9.59 Å². The molecule has 4 nitrogen and oxygen atoms in total. The van der Waals surface area contributed by atoms with Crippen LogP contribution in [0.25, 0.3) is 0 Å². The number of rotatable bonds is 3. The molecule has 2 heterocycles. The lowest BCUT2D eigenvalue weighted by Crippen LogP contribution is -2.50. The summed E-state index contributed by atoms with van der Waals surface area (Å²) in [5, 5.41) is 0. The maximum Gasteiger partial charge on any atom is 0.227 e. The fraction of sp³-hybridized carbons (Fsp3) is 0.652. The average Bonchev–Trinajstić information content (AvgIpc) is 3.10.